The van der Waals surface area contributed by atoms with E-state index in [1.54, 1.807) is 0 Å². The summed E-state index contributed by atoms with van der Waals surface area (Å²) < 4.78 is 0. The first kappa shape index (κ1) is 14.4. The van der Waals surface area contributed by atoms with Crippen LogP contribution in [0.2, 0.25) is 0 Å². The van der Waals surface area contributed by atoms with E-state index in [1.807, 2.05) is 0 Å². The molecule has 5 N–H and O–H groups in total. The van der Waals surface area contributed by atoms with Crippen molar-refractivity contribution in [2.75, 3.05) is 0 Å². The molecule has 0 amide bonds. The van der Waals surface area contributed by atoms with Gasteiger partial charge in [-0.25, -0.2) is 9.59 Å². The molecule has 0 saturated heterocycles. The topological polar surface area (TPSA) is 138 Å². The molecule has 0 rings (SSSR count). The van der Waals surface area contributed by atoms with Crippen LogP contribution < -0.4 is 5.73 Å². The van der Waals surface area contributed by atoms with Crippen molar-refractivity contribution in [1.82, 2.24) is 0 Å². The summed E-state index contributed by atoms with van der Waals surface area (Å²) in [5.41, 5.74) is 2.94. The summed E-state index contributed by atoms with van der Waals surface area (Å²) in [7, 11) is 0. The van der Waals surface area contributed by atoms with Crippen molar-refractivity contribution in [2.24, 2.45) is 5.73 Å². The van der Waals surface area contributed by atoms with Gasteiger partial charge in [0.15, 0.2) is 0 Å². The van der Waals surface area contributed by atoms with Crippen LogP contribution in [0.15, 0.2) is 0 Å². The molecule has 0 aliphatic rings. The quantitative estimate of drug-likeness (QED) is 0.339. The maximum Gasteiger partial charge on any atom is 0.335 e. The van der Waals surface area contributed by atoms with Crippen LogP contribution in [-0.2, 0) is 14.4 Å². The number of carbonyl (C=O) groups is 3. The fourth-order valence-corrected chi connectivity index (χ4v) is 1.16. The number of nitrogens with two attached hydrogens (primary N) is 1. The largest absolute Gasteiger partial charge is 0.481 e. The molecule has 0 saturated carbocycles. The van der Waals surface area contributed by atoms with Crippen molar-refractivity contribution in [1.29, 1.82) is 0 Å². The molecule has 0 spiro atoms. The predicted octanol–water partition coefficient (Wildman–Crippen LogP) is -0.112. The Labute approximate surface area is 91.9 Å². The summed E-state index contributed by atoms with van der Waals surface area (Å²) in [6, 6.07) is 0. The van der Waals surface area contributed by atoms with Gasteiger partial charge in [-0.05, 0) is 12.8 Å². The predicted molar refractivity (Wildman–Crippen MR) is 52.9 cm³/mol. The lowest BCUT2D eigenvalue weighted by Gasteiger charge is -2.18. The van der Waals surface area contributed by atoms with E-state index in [-0.39, 0.29) is 19.3 Å². The average Bonchev–Trinajstić information content (AvgIpc) is 2.15. The number of hydrogen-bond acceptors (Lipinski definition) is 4. The summed E-state index contributed by atoms with van der Waals surface area (Å²) in [6.07, 6.45) is 0.855. The summed E-state index contributed by atoms with van der Waals surface area (Å²) >= 11 is 0. The highest BCUT2D eigenvalue weighted by molar-refractivity contribution is 6.02. The fraction of sp³-hybridized carbons (Fsp3) is 0.667. The summed E-state index contributed by atoms with van der Waals surface area (Å²) in [4.78, 5) is 31.4. The Morgan fingerprint density at radius 2 is 1.44 bits per heavy atom. The number of carboxylic acid groups (broad SMARTS) is 3. The first-order valence-electron chi connectivity index (χ1n) is 4.78. The standard InChI is InChI=1S/C9H15NO6/c10-9(7(13)14,8(15)16)5-3-1-2-4-6(11)12/h1-5,10H2,(H,11,12)(H,13,14)(H,15,16). The van der Waals surface area contributed by atoms with Crippen LogP contribution in [-0.4, -0.2) is 38.8 Å². The van der Waals surface area contributed by atoms with Crippen LogP contribution in [0, 0.1) is 0 Å². The van der Waals surface area contributed by atoms with Gasteiger partial charge in [-0.1, -0.05) is 12.8 Å². The minimum atomic E-state index is -2.27. The van der Waals surface area contributed by atoms with E-state index in [0.29, 0.717) is 12.8 Å². The van der Waals surface area contributed by atoms with Gasteiger partial charge in [0.25, 0.3) is 0 Å². The lowest BCUT2D eigenvalue weighted by molar-refractivity contribution is -0.157. The van der Waals surface area contributed by atoms with Gasteiger partial charge >= 0.3 is 17.9 Å². The van der Waals surface area contributed by atoms with Crippen LogP contribution in [0.1, 0.15) is 32.1 Å². The molecule has 92 valence electrons. The highest BCUT2D eigenvalue weighted by Gasteiger charge is 2.41. The second-order valence-electron chi connectivity index (χ2n) is 3.54. The summed E-state index contributed by atoms with van der Waals surface area (Å²) in [5, 5.41) is 25.6. The molecule has 7 nitrogen and oxygen atoms in total. The number of aliphatic carboxylic acids is 3. The fourth-order valence-electron chi connectivity index (χ4n) is 1.16. The monoisotopic (exact) mass is 233 g/mol. The zero-order chi connectivity index (χ0) is 12.8. The van der Waals surface area contributed by atoms with Crippen LogP contribution >= 0.6 is 0 Å². The van der Waals surface area contributed by atoms with Gasteiger partial charge in [0.1, 0.15) is 0 Å². The highest BCUT2D eigenvalue weighted by Crippen LogP contribution is 2.14. The minimum Gasteiger partial charge on any atom is -0.481 e. The van der Waals surface area contributed by atoms with E-state index in [1.165, 1.54) is 0 Å². The van der Waals surface area contributed by atoms with Gasteiger partial charge in [-0.15, -0.1) is 0 Å². The smallest absolute Gasteiger partial charge is 0.335 e. The van der Waals surface area contributed by atoms with Crippen molar-refractivity contribution in [2.45, 2.75) is 37.6 Å². The molecule has 0 bridgehead atoms. The number of rotatable bonds is 8. The molecular weight excluding hydrogens is 218 g/mol. The van der Waals surface area contributed by atoms with Gasteiger partial charge in [0.05, 0.1) is 0 Å². The lowest BCUT2D eigenvalue weighted by Crippen LogP contribution is -2.54. The molecule has 7 heteroatoms. The Bertz CT molecular complexity index is 274. The van der Waals surface area contributed by atoms with Crippen molar-refractivity contribution >= 4 is 17.9 Å². The molecule has 0 heterocycles. The van der Waals surface area contributed by atoms with E-state index >= 15 is 0 Å². The Kier molecular flexibility index (Phi) is 5.44. The average molecular weight is 233 g/mol. The normalized spacial score (nSPS) is 11.1. The van der Waals surface area contributed by atoms with Gasteiger partial charge in [-0.3, -0.25) is 4.79 Å². The molecular formula is C9H15NO6. The molecule has 16 heavy (non-hydrogen) atoms. The van der Waals surface area contributed by atoms with Crippen molar-refractivity contribution in [3.05, 3.63) is 0 Å². The molecule has 0 aliphatic heterocycles. The third kappa shape index (κ3) is 4.26. The SMILES string of the molecule is NC(CCCCCC(=O)O)(C(=O)O)C(=O)O. The van der Waals surface area contributed by atoms with Gasteiger partial charge in [0.2, 0.25) is 5.54 Å². The zero-order valence-electron chi connectivity index (χ0n) is 8.68. The van der Waals surface area contributed by atoms with Crippen LogP contribution in [0.25, 0.3) is 0 Å². The van der Waals surface area contributed by atoms with Gasteiger partial charge in [0, 0.05) is 6.42 Å². The van der Waals surface area contributed by atoms with Crippen LogP contribution in [0.4, 0.5) is 0 Å². The van der Waals surface area contributed by atoms with Crippen LogP contribution in [0.5, 0.6) is 0 Å². The second-order valence-corrected chi connectivity index (χ2v) is 3.54. The molecule has 0 unspecified atom stereocenters. The van der Waals surface area contributed by atoms with E-state index in [0.717, 1.165) is 0 Å². The zero-order valence-corrected chi connectivity index (χ0v) is 8.68. The first-order chi connectivity index (χ1) is 7.30. The first-order valence-corrected chi connectivity index (χ1v) is 4.78. The van der Waals surface area contributed by atoms with E-state index < -0.39 is 23.4 Å². The Balaban J connectivity index is 4.01. The number of hydrogen-bond donors (Lipinski definition) is 4. The third-order valence-corrected chi connectivity index (χ3v) is 2.23. The van der Waals surface area contributed by atoms with E-state index in [9.17, 15) is 14.4 Å². The van der Waals surface area contributed by atoms with Gasteiger partial charge in [-0.2, -0.15) is 0 Å². The molecule has 0 aromatic rings. The Morgan fingerprint density at radius 1 is 0.938 bits per heavy atom. The maximum atomic E-state index is 10.6. The summed E-state index contributed by atoms with van der Waals surface area (Å²) in [6.45, 7) is 0. The van der Waals surface area contributed by atoms with Crippen molar-refractivity contribution in [3.63, 3.8) is 0 Å². The third-order valence-electron chi connectivity index (χ3n) is 2.23. The van der Waals surface area contributed by atoms with E-state index in [2.05, 4.69) is 0 Å². The maximum absolute atomic E-state index is 10.6. The number of unbranched alkanes of at least 4 members (excludes halogenated alkanes) is 2. The van der Waals surface area contributed by atoms with Crippen LogP contribution in [0.3, 0.4) is 0 Å². The summed E-state index contributed by atoms with van der Waals surface area (Å²) in [5.74, 6) is -4.10. The lowest BCUT2D eigenvalue weighted by atomic mass is 9.93. The minimum absolute atomic E-state index is 0.0162. The Morgan fingerprint density at radius 3 is 1.81 bits per heavy atom. The molecule has 0 radical (unpaired) electrons. The molecule has 0 aromatic heterocycles. The number of carboxylic acids is 3. The van der Waals surface area contributed by atoms with Crippen molar-refractivity contribution < 1.29 is 29.7 Å². The Hall–Kier alpha value is -1.63. The second kappa shape index (κ2) is 6.06. The van der Waals surface area contributed by atoms with E-state index in [4.69, 9.17) is 21.1 Å². The van der Waals surface area contributed by atoms with Crippen molar-refractivity contribution in [3.8, 4) is 0 Å². The molecule has 0 aromatic carbocycles. The molecule has 0 atom stereocenters. The van der Waals surface area contributed by atoms with Gasteiger partial charge < -0.3 is 21.1 Å². The highest BCUT2D eigenvalue weighted by atomic mass is 16.4. The molecule has 0 fully saturated rings. The molecule has 0 aliphatic carbocycles.